The molecule has 6 heteroatoms. The molecule has 0 bridgehead atoms. The average Bonchev–Trinajstić information content (AvgIpc) is 3.08. The molecule has 0 atom stereocenters. The van der Waals surface area contributed by atoms with E-state index in [2.05, 4.69) is 20.9 Å². The molecule has 1 heterocycles. The number of nitrogens with zero attached hydrogens (tertiary/aromatic N) is 1. The number of aromatic nitrogens is 1. The Morgan fingerprint density at radius 3 is 2.89 bits per heavy atom. The summed E-state index contributed by atoms with van der Waals surface area (Å²) in [4.78, 5) is 16.3. The number of hydrogen-bond acceptors (Lipinski definition) is 5. The van der Waals surface area contributed by atoms with Crippen molar-refractivity contribution in [3.8, 4) is 0 Å². The summed E-state index contributed by atoms with van der Waals surface area (Å²) < 4.78 is 5.64. The van der Waals surface area contributed by atoms with E-state index in [1.807, 2.05) is 0 Å². The molecular formula is C12H15BrN2O2S. The Balaban J connectivity index is 1.98. The lowest BCUT2D eigenvalue weighted by molar-refractivity contribution is -0.141. The Labute approximate surface area is 119 Å². The summed E-state index contributed by atoms with van der Waals surface area (Å²) in [6.07, 6.45) is 6.04. The summed E-state index contributed by atoms with van der Waals surface area (Å²) >= 11 is 5.12. The molecule has 1 aromatic heterocycles. The number of methoxy groups -OCH3 is 1. The maximum absolute atomic E-state index is 11.3. The van der Waals surface area contributed by atoms with Gasteiger partial charge in [0.1, 0.15) is 0 Å². The molecule has 0 aliphatic heterocycles. The van der Waals surface area contributed by atoms with E-state index in [-0.39, 0.29) is 11.4 Å². The molecule has 0 radical (unpaired) electrons. The summed E-state index contributed by atoms with van der Waals surface area (Å²) in [6, 6.07) is 0. The van der Waals surface area contributed by atoms with Gasteiger partial charge in [0.15, 0.2) is 0 Å². The second kappa shape index (κ2) is 5.48. The summed E-state index contributed by atoms with van der Waals surface area (Å²) in [5.74, 6) is 0.754. The number of nitrogens with two attached hydrogens (primary N) is 1. The van der Waals surface area contributed by atoms with E-state index in [0.29, 0.717) is 12.1 Å². The minimum absolute atomic E-state index is 0.104. The first-order chi connectivity index (χ1) is 8.56. The zero-order valence-electron chi connectivity index (χ0n) is 10.1. The Hall–Kier alpha value is -0.750. The highest BCUT2D eigenvalue weighted by atomic mass is 79.9. The minimum Gasteiger partial charge on any atom is -0.469 e. The quantitative estimate of drug-likeness (QED) is 0.664. The lowest BCUT2D eigenvalue weighted by atomic mass is 10.1. The number of carbonyl (C=O) groups is 1. The summed E-state index contributed by atoms with van der Waals surface area (Å²) in [6.45, 7) is 0. The Morgan fingerprint density at radius 2 is 2.33 bits per heavy atom. The lowest BCUT2D eigenvalue weighted by Crippen LogP contribution is -2.13. The van der Waals surface area contributed by atoms with Crippen molar-refractivity contribution in [3.05, 3.63) is 16.9 Å². The van der Waals surface area contributed by atoms with Gasteiger partial charge in [-0.25, -0.2) is 0 Å². The van der Waals surface area contributed by atoms with Gasteiger partial charge in [0, 0.05) is 16.8 Å². The average molecular weight is 331 g/mol. The fourth-order valence-electron chi connectivity index (χ4n) is 1.74. The number of nitrogen functional groups attached to an aromatic ring is 1. The molecule has 0 unspecified atom stereocenters. The van der Waals surface area contributed by atoms with E-state index in [0.717, 1.165) is 28.0 Å². The molecule has 2 rings (SSSR count). The highest BCUT2D eigenvalue weighted by Crippen LogP contribution is 2.53. The molecule has 98 valence electrons. The number of thioether (sulfide) groups is 1. The SMILES string of the molecule is COC(=O)CC1(CSc2c(N)cncc2Br)CC1. The first kappa shape index (κ1) is 13.7. The second-order valence-electron chi connectivity index (χ2n) is 4.58. The van der Waals surface area contributed by atoms with Crippen LogP contribution in [-0.2, 0) is 9.53 Å². The molecule has 0 spiro atoms. The van der Waals surface area contributed by atoms with Gasteiger partial charge in [0.25, 0.3) is 0 Å². The van der Waals surface area contributed by atoms with Gasteiger partial charge in [0.2, 0.25) is 0 Å². The number of halogens is 1. The third kappa shape index (κ3) is 3.17. The molecule has 1 aliphatic rings. The maximum Gasteiger partial charge on any atom is 0.306 e. The molecule has 4 nitrogen and oxygen atoms in total. The summed E-state index contributed by atoms with van der Waals surface area (Å²) in [5.41, 5.74) is 6.67. The van der Waals surface area contributed by atoms with Gasteiger partial charge in [-0.2, -0.15) is 0 Å². The van der Waals surface area contributed by atoms with Crippen molar-refractivity contribution in [1.82, 2.24) is 4.98 Å². The number of pyridine rings is 1. The number of ether oxygens (including phenoxy) is 1. The molecule has 1 saturated carbocycles. The van der Waals surface area contributed by atoms with Gasteiger partial charge in [-0.05, 0) is 34.2 Å². The van der Waals surface area contributed by atoms with Crippen LogP contribution in [0.15, 0.2) is 21.8 Å². The van der Waals surface area contributed by atoms with E-state index in [9.17, 15) is 4.79 Å². The van der Waals surface area contributed by atoms with Gasteiger partial charge < -0.3 is 10.5 Å². The maximum atomic E-state index is 11.3. The predicted molar refractivity (Wildman–Crippen MR) is 75.4 cm³/mol. The first-order valence-corrected chi connectivity index (χ1v) is 7.43. The van der Waals surface area contributed by atoms with Crippen LogP contribution in [0, 0.1) is 5.41 Å². The fraction of sp³-hybridized carbons (Fsp3) is 0.500. The van der Waals surface area contributed by atoms with Crippen LogP contribution < -0.4 is 5.73 Å². The van der Waals surface area contributed by atoms with Gasteiger partial charge in [0.05, 0.1) is 29.9 Å². The van der Waals surface area contributed by atoms with Gasteiger partial charge in [-0.15, -0.1) is 11.8 Å². The largest absolute Gasteiger partial charge is 0.469 e. The monoisotopic (exact) mass is 330 g/mol. The lowest BCUT2D eigenvalue weighted by Gasteiger charge is -2.14. The third-order valence-electron chi connectivity index (χ3n) is 3.11. The van der Waals surface area contributed by atoms with Crippen LogP contribution in [0.4, 0.5) is 5.69 Å². The predicted octanol–water partition coefficient (Wildman–Crippen LogP) is 2.86. The molecule has 0 aromatic carbocycles. The Bertz CT molecular complexity index is 443. The zero-order chi connectivity index (χ0) is 13.2. The molecule has 1 aliphatic carbocycles. The van der Waals surface area contributed by atoms with Crippen molar-refractivity contribution in [2.75, 3.05) is 18.6 Å². The van der Waals surface area contributed by atoms with Crippen LogP contribution in [0.5, 0.6) is 0 Å². The molecule has 0 saturated heterocycles. The number of esters is 1. The van der Waals surface area contributed by atoms with Crippen LogP contribution in [0.2, 0.25) is 0 Å². The van der Waals surface area contributed by atoms with E-state index in [1.54, 1.807) is 24.2 Å². The number of rotatable bonds is 5. The molecule has 1 aromatic rings. The number of carbonyl (C=O) groups excluding carboxylic acids is 1. The molecule has 2 N–H and O–H groups in total. The van der Waals surface area contributed by atoms with Crippen LogP contribution in [-0.4, -0.2) is 23.8 Å². The Kier molecular flexibility index (Phi) is 4.17. The van der Waals surface area contributed by atoms with Crippen molar-refractivity contribution in [1.29, 1.82) is 0 Å². The molecular weight excluding hydrogens is 316 g/mol. The van der Waals surface area contributed by atoms with Crippen LogP contribution in [0.3, 0.4) is 0 Å². The highest BCUT2D eigenvalue weighted by Gasteiger charge is 2.44. The van der Waals surface area contributed by atoms with Crippen molar-refractivity contribution in [2.45, 2.75) is 24.2 Å². The smallest absolute Gasteiger partial charge is 0.306 e. The first-order valence-electron chi connectivity index (χ1n) is 5.65. The van der Waals surface area contributed by atoms with Crippen LogP contribution in [0.25, 0.3) is 0 Å². The van der Waals surface area contributed by atoms with Crippen LogP contribution >= 0.6 is 27.7 Å². The highest BCUT2D eigenvalue weighted by molar-refractivity contribution is 9.10. The van der Waals surface area contributed by atoms with Crippen LogP contribution in [0.1, 0.15) is 19.3 Å². The van der Waals surface area contributed by atoms with Gasteiger partial charge >= 0.3 is 5.97 Å². The van der Waals surface area contributed by atoms with Crippen molar-refractivity contribution in [2.24, 2.45) is 5.41 Å². The van der Waals surface area contributed by atoms with E-state index in [1.165, 1.54) is 7.11 Å². The second-order valence-corrected chi connectivity index (χ2v) is 6.42. The molecule has 1 fully saturated rings. The Morgan fingerprint density at radius 1 is 1.61 bits per heavy atom. The topological polar surface area (TPSA) is 65.2 Å². The third-order valence-corrected chi connectivity index (χ3v) is 5.47. The fourth-order valence-corrected chi connectivity index (χ4v) is 3.68. The van der Waals surface area contributed by atoms with Crippen molar-refractivity contribution >= 4 is 39.3 Å². The van der Waals surface area contributed by atoms with E-state index in [4.69, 9.17) is 10.5 Å². The number of hydrogen-bond donors (Lipinski definition) is 1. The van der Waals surface area contributed by atoms with E-state index < -0.39 is 0 Å². The van der Waals surface area contributed by atoms with Gasteiger partial charge in [-0.1, -0.05) is 0 Å². The van der Waals surface area contributed by atoms with E-state index >= 15 is 0 Å². The standard InChI is InChI=1S/C12H15BrN2O2S/c1-17-10(16)4-12(2-3-12)7-18-11-8(13)5-15-6-9(11)14/h5-6H,2-4,7,14H2,1H3. The minimum atomic E-state index is -0.130. The molecule has 0 amide bonds. The summed E-state index contributed by atoms with van der Waals surface area (Å²) in [5, 5.41) is 0. The number of anilines is 1. The van der Waals surface area contributed by atoms with Crippen molar-refractivity contribution in [3.63, 3.8) is 0 Å². The normalized spacial score (nSPS) is 16.3. The molecule has 18 heavy (non-hydrogen) atoms. The van der Waals surface area contributed by atoms with Gasteiger partial charge in [-0.3, -0.25) is 9.78 Å². The summed E-state index contributed by atoms with van der Waals surface area (Å²) in [7, 11) is 1.43. The zero-order valence-corrected chi connectivity index (χ0v) is 12.5. The van der Waals surface area contributed by atoms with Crippen molar-refractivity contribution < 1.29 is 9.53 Å².